The molecule has 0 aliphatic carbocycles. The highest BCUT2D eigenvalue weighted by Gasteiger charge is 2.15. The predicted molar refractivity (Wildman–Crippen MR) is 178 cm³/mol. The molecule has 5 rings (SSSR count). The molecule has 4 aromatic carbocycles. The second-order valence-electron chi connectivity index (χ2n) is 9.29. The zero-order chi connectivity index (χ0) is 30.9. The molecular weight excluding hydrogens is 663 g/mol. The fraction of sp³-hybridized carbons (Fsp3) is 0.0303. The number of thioether (sulfide) groups is 1. The maximum absolute atomic E-state index is 13.2. The van der Waals surface area contributed by atoms with Gasteiger partial charge in [-0.1, -0.05) is 46.3 Å². The molecule has 0 aliphatic heterocycles. The molecule has 1 aromatic heterocycles. The molecule has 1 heterocycles. The topological polar surface area (TPSA) is 100 Å². The lowest BCUT2D eigenvalue weighted by molar-refractivity contribution is -0.114. The molecule has 3 amide bonds. The third kappa shape index (κ3) is 8.73. The number of hydrogen-bond acceptors (Lipinski definition) is 6. The molecule has 0 spiro atoms. The van der Waals surface area contributed by atoms with E-state index >= 15 is 0 Å². The summed E-state index contributed by atoms with van der Waals surface area (Å²) in [5.74, 6) is -1.28. The van der Waals surface area contributed by atoms with Crippen molar-refractivity contribution < 1.29 is 18.8 Å². The van der Waals surface area contributed by atoms with Gasteiger partial charge in [0.2, 0.25) is 5.91 Å². The number of nitrogens with one attached hydrogen (secondary N) is 3. The monoisotopic (exact) mass is 686 g/mol. The van der Waals surface area contributed by atoms with Crippen LogP contribution in [0.1, 0.15) is 15.9 Å². The van der Waals surface area contributed by atoms with Crippen LogP contribution in [-0.4, -0.2) is 28.5 Å². The largest absolute Gasteiger partial charge is 0.321 e. The van der Waals surface area contributed by atoms with Crippen LogP contribution in [0.25, 0.3) is 17.3 Å². The highest BCUT2D eigenvalue weighted by Crippen LogP contribution is 2.26. The average Bonchev–Trinajstić information content (AvgIpc) is 3.50. The fourth-order valence-corrected chi connectivity index (χ4v) is 5.59. The zero-order valence-corrected chi connectivity index (χ0v) is 26.1. The first-order valence-corrected chi connectivity index (χ1v) is 15.9. The Morgan fingerprint density at radius 3 is 2.27 bits per heavy atom. The minimum absolute atomic E-state index is 0.0843. The molecule has 220 valence electrons. The minimum Gasteiger partial charge on any atom is -0.321 e. The maximum Gasteiger partial charge on any atom is 0.272 e. The third-order valence-electron chi connectivity index (χ3n) is 6.08. The van der Waals surface area contributed by atoms with Crippen LogP contribution in [-0.2, 0) is 9.59 Å². The van der Waals surface area contributed by atoms with Gasteiger partial charge in [-0.25, -0.2) is 9.37 Å². The van der Waals surface area contributed by atoms with Gasteiger partial charge in [-0.3, -0.25) is 14.4 Å². The van der Waals surface area contributed by atoms with Gasteiger partial charge in [-0.05, 0) is 84.4 Å². The Balaban J connectivity index is 1.18. The van der Waals surface area contributed by atoms with Gasteiger partial charge < -0.3 is 16.0 Å². The quantitative estimate of drug-likeness (QED) is 0.103. The van der Waals surface area contributed by atoms with Crippen LogP contribution in [0.3, 0.4) is 0 Å². The summed E-state index contributed by atoms with van der Waals surface area (Å²) < 4.78 is 14.1. The normalized spacial score (nSPS) is 11.1. The van der Waals surface area contributed by atoms with Gasteiger partial charge in [0.25, 0.3) is 11.8 Å². The summed E-state index contributed by atoms with van der Waals surface area (Å²) in [5, 5.41) is 10.6. The summed E-state index contributed by atoms with van der Waals surface area (Å²) in [4.78, 5) is 43.8. The molecular formula is C33H24BrFN4O3S2. The summed E-state index contributed by atoms with van der Waals surface area (Å²) in [5.41, 5.74) is 3.19. The van der Waals surface area contributed by atoms with Crippen LogP contribution in [0.15, 0.2) is 124 Å². The highest BCUT2D eigenvalue weighted by molar-refractivity contribution is 9.10. The lowest BCUT2D eigenvalue weighted by atomic mass is 10.1. The van der Waals surface area contributed by atoms with Crippen molar-refractivity contribution in [2.45, 2.75) is 4.90 Å². The van der Waals surface area contributed by atoms with Gasteiger partial charge in [0.1, 0.15) is 11.5 Å². The van der Waals surface area contributed by atoms with Gasteiger partial charge in [0, 0.05) is 31.6 Å². The van der Waals surface area contributed by atoms with Crippen molar-refractivity contribution in [2.75, 3.05) is 16.4 Å². The second kappa shape index (κ2) is 14.7. The summed E-state index contributed by atoms with van der Waals surface area (Å²) in [6, 6.07) is 29.0. The standard InChI is InChI=1S/C33H24BrFN4O3S2/c34-24-10-6-21(7-11-24)18-28(37-31(41)23-4-2-1-3-5-23)32(42)36-26-14-16-27(17-15-26)43-20-30(40)39-33-38-29(19-44-33)22-8-12-25(35)13-9-22/h1-19H,20H2,(H,36,42)(H,37,41)(H,38,39,40)/b28-18-. The van der Waals surface area contributed by atoms with E-state index in [9.17, 15) is 18.8 Å². The molecule has 0 atom stereocenters. The molecule has 5 aromatic rings. The first kappa shape index (κ1) is 30.9. The number of benzene rings is 4. The Hall–Kier alpha value is -4.58. The summed E-state index contributed by atoms with van der Waals surface area (Å²) >= 11 is 6.03. The third-order valence-corrected chi connectivity index (χ3v) is 8.38. The van der Waals surface area contributed by atoms with Crippen LogP contribution in [0.2, 0.25) is 0 Å². The molecule has 0 radical (unpaired) electrons. The Labute approximate surface area is 269 Å². The van der Waals surface area contributed by atoms with E-state index in [1.54, 1.807) is 72.1 Å². The molecule has 0 saturated carbocycles. The molecule has 0 unspecified atom stereocenters. The van der Waals surface area contributed by atoms with Gasteiger partial charge in [0.05, 0.1) is 11.4 Å². The number of halogens is 2. The van der Waals surface area contributed by atoms with E-state index in [4.69, 9.17) is 0 Å². The van der Waals surface area contributed by atoms with Crippen molar-refractivity contribution in [1.29, 1.82) is 0 Å². The highest BCUT2D eigenvalue weighted by atomic mass is 79.9. The molecule has 7 nitrogen and oxygen atoms in total. The Bertz CT molecular complexity index is 1790. The number of thiazole rings is 1. The SMILES string of the molecule is O=C(CSc1ccc(NC(=O)/C(=C/c2ccc(Br)cc2)NC(=O)c2ccccc2)cc1)Nc1nc(-c2ccc(F)cc2)cs1. The maximum atomic E-state index is 13.2. The van der Waals surface area contributed by atoms with E-state index in [1.807, 2.05) is 30.3 Å². The Morgan fingerprint density at radius 1 is 0.864 bits per heavy atom. The molecule has 0 saturated heterocycles. The molecule has 0 aliphatic rings. The van der Waals surface area contributed by atoms with E-state index in [0.29, 0.717) is 22.1 Å². The van der Waals surface area contributed by atoms with Crippen LogP contribution < -0.4 is 16.0 Å². The van der Waals surface area contributed by atoms with Crippen molar-refractivity contribution in [3.63, 3.8) is 0 Å². The van der Waals surface area contributed by atoms with Crippen molar-refractivity contribution in [1.82, 2.24) is 10.3 Å². The number of rotatable bonds is 10. The fourth-order valence-electron chi connectivity index (χ4n) is 3.89. The first-order valence-electron chi connectivity index (χ1n) is 13.2. The number of carbonyl (C=O) groups excluding carboxylic acids is 3. The molecule has 0 bridgehead atoms. The minimum atomic E-state index is -0.486. The predicted octanol–water partition coefficient (Wildman–Crippen LogP) is 7.85. The van der Waals surface area contributed by atoms with Crippen LogP contribution in [0.4, 0.5) is 15.2 Å². The van der Waals surface area contributed by atoms with Crippen LogP contribution in [0, 0.1) is 5.82 Å². The van der Waals surface area contributed by atoms with Crippen molar-refractivity contribution in [3.05, 3.63) is 136 Å². The summed E-state index contributed by atoms with van der Waals surface area (Å²) in [6.45, 7) is 0. The van der Waals surface area contributed by atoms with E-state index in [2.05, 4.69) is 36.9 Å². The van der Waals surface area contributed by atoms with Gasteiger partial charge in [-0.2, -0.15) is 0 Å². The average molecular weight is 688 g/mol. The van der Waals surface area contributed by atoms with Gasteiger partial charge in [0.15, 0.2) is 5.13 Å². The van der Waals surface area contributed by atoms with E-state index in [-0.39, 0.29) is 23.2 Å². The van der Waals surface area contributed by atoms with Crippen molar-refractivity contribution >= 4 is 73.6 Å². The van der Waals surface area contributed by atoms with E-state index < -0.39 is 11.8 Å². The smallest absolute Gasteiger partial charge is 0.272 e. The van der Waals surface area contributed by atoms with Gasteiger partial charge in [-0.15, -0.1) is 23.1 Å². The number of hydrogen-bond donors (Lipinski definition) is 3. The zero-order valence-electron chi connectivity index (χ0n) is 22.9. The van der Waals surface area contributed by atoms with E-state index in [0.717, 1.165) is 20.5 Å². The first-order chi connectivity index (χ1) is 21.3. The van der Waals surface area contributed by atoms with Crippen molar-refractivity contribution in [3.8, 4) is 11.3 Å². The van der Waals surface area contributed by atoms with Crippen LogP contribution in [0.5, 0.6) is 0 Å². The van der Waals surface area contributed by atoms with E-state index in [1.165, 1.54) is 35.2 Å². The Morgan fingerprint density at radius 2 is 1.57 bits per heavy atom. The second-order valence-corrected chi connectivity index (χ2v) is 12.1. The number of aromatic nitrogens is 1. The number of carbonyl (C=O) groups is 3. The van der Waals surface area contributed by atoms with Gasteiger partial charge >= 0.3 is 0 Å². The number of amides is 3. The Kier molecular flexibility index (Phi) is 10.3. The molecule has 44 heavy (non-hydrogen) atoms. The van der Waals surface area contributed by atoms with Crippen LogP contribution >= 0.6 is 39.0 Å². The molecule has 11 heteroatoms. The summed E-state index contributed by atoms with van der Waals surface area (Å²) in [7, 11) is 0. The number of anilines is 2. The number of nitrogens with zero attached hydrogens (tertiary/aromatic N) is 1. The molecule has 3 N–H and O–H groups in total. The lowest BCUT2D eigenvalue weighted by Crippen LogP contribution is -2.30. The van der Waals surface area contributed by atoms with Crippen molar-refractivity contribution in [2.24, 2.45) is 0 Å². The summed E-state index contributed by atoms with van der Waals surface area (Å²) in [6.07, 6.45) is 1.61. The molecule has 0 fully saturated rings. The lowest BCUT2D eigenvalue weighted by Gasteiger charge is -2.12.